The van der Waals surface area contributed by atoms with Crippen molar-refractivity contribution >= 4 is 15.6 Å². The summed E-state index contributed by atoms with van der Waals surface area (Å²) < 4.78 is 24.5. The van der Waals surface area contributed by atoms with Crippen molar-refractivity contribution in [2.24, 2.45) is 5.92 Å². The molecule has 2 aliphatic rings. The van der Waals surface area contributed by atoms with E-state index in [2.05, 4.69) is 5.92 Å². The van der Waals surface area contributed by atoms with E-state index in [0.29, 0.717) is 31.2 Å². The first-order valence-corrected chi connectivity index (χ1v) is 8.97. The molecule has 3 rings (SSSR count). The van der Waals surface area contributed by atoms with Gasteiger partial charge in [-0.1, -0.05) is 24.5 Å². The highest BCUT2D eigenvalue weighted by Crippen LogP contribution is 2.40. The minimum Gasteiger partial charge on any atom is -0.294 e. The van der Waals surface area contributed by atoms with E-state index in [4.69, 9.17) is 6.42 Å². The molecule has 2 atom stereocenters. The van der Waals surface area contributed by atoms with Gasteiger partial charge in [-0.3, -0.25) is 4.79 Å². The number of hydrogen-bond donors (Lipinski definition) is 0. The van der Waals surface area contributed by atoms with Gasteiger partial charge in [-0.2, -0.15) is 0 Å². The van der Waals surface area contributed by atoms with Crippen LogP contribution < -0.4 is 0 Å². The molecule has 2 saturated heterocycles. The summed E-state index contributed by atoms with van der Waals surface area (Å²) >= 11 is 0. The van der Waals surface area contributed by atoms with E-state index in [1.165, 1.54) is 0 Å². The zero-order valence-electron chi connectivity index (χ0n) is 11.8. The summed E-state index contributed by atoms with van der Waals surface area (Å²) in [7, 11) is -3.00. The zero-order chi connectivity index (χ0) is 15.0. The summed E-state index contributed by atoms with van der Waals surface area (Å²) in [6.07, 6.45) is 8.65. The van der Waals surface area contributed by atoms with Gasteiger partial charge in [0.25, 0.3) is 0 Å². The molecule has 1 aromatic rings. The van der Waals surface area contributed by atoms with Gasteiger partial charge in [0.05, 0.1) is 10.5 Å². The van der Waals surface area contributed by atoms with E-state index in [1.807, 2.05) is 0 Å². The number of terminal acetylenes is 1. The van der Waals surface area contributed by atoms with Crippen LogP contribution in [0.2, 0.25) is 0 Å². The molecule has 0 aromatic heterocycles. The van der Waals surface area contributed by atoms with E-state index in [9.17, 15) is 13.2 Å². The lowest BCUT2D eigenvalue weighted by Crippen LogP contribution is -2.45. The van der Waals surface area contributed by atoms with Crippen molar-refractivity contribution < 1.29 is 13.2 Å². The van der Waals surface area contributed by atoms with E-state index < -0.39 is 9.84 Å². The Hall–Kier alpha value is -1.60. The summed E-state index contributed by atoms with van der Waals surface area (Å²) in [6.45, 7) is 0. The third-order valence-electron chi connectivity index (χ3n) is 4.78. The van der Waals surface area contributed by atoms with Crippen LogP contribution in [0.15, 0.2) is 24.3 Å². The van der Waals surface area contributed by atoms with Crippen LogP contribution in [0.25, 0.3) is 0 Å². The van der Waals surface area contributed by atoms with Gasteiger partial charge in [0.15, 0.2) is 15.6 Å². The van der Waals surface area contributed by atoms with Crippen LogP contribution in [-0.4, -0.2) is 24.7 Å². The number of benzene rings is 1. The number of carbonyl (C=O) groups excluding carboxylic acids is 1. The summed E-state index contributed by atoms with van der Waals surface area (Å²) in [5, 5.41) is -0.632. The van der Waals surface area contributed by atoms with Crippen molar-refractivity contribution in [2.75, 3.05) is 0 Å². The van der Waals surface area contributed by atoms with E-state index in [1.54, 1.807) is 24.3 Å². The molecule has 0 radical (unpaired) electrons. The largest absolute Gasteiger partial charge is 0.294 e. The Kier molecular flexibility index (Phi) is 3.62. The molecule has 3 nitrogen and oxygen atoms in total. The number of rotatable bonds is 2. The molecule has 2 unspecified atom stereocenters. The van der Waals surface area contributed by atoms with Gasteiger partial charge in [-0.15, -0.1) is 6.42 Å². The van der Waals surface area contributed by atoms with Crippen LogP contribution in [0.1, 0.15) is 48.0 Å². The molecule has 0 saturated carbocycles. The number of hydrogen-bond acceptors (Lipinski definition) is 3. The number of Topliss-reactive ketones (excluding diaryl/α,β-unsaturated/α-hetero) is 1. The third kappa shape index (κ3) is 2.51. The summed E-state index contributed by atoms with van der Waals surface area (Å²) in [4.78, 5) is 12.6. The lowest BCUT2D eigenvalue weighted by atomic mass is 9.84. The lowest BCUT2D eigenvalue weighted by Gasteiger charge is -2.38. The van der Waals surface area contributed by atoms with Gasteiger partial charge in [0.2, 0.25) is 0 Å². The smallest absolute Gasteiger partial charge is 0.166 e. The quantitative estimate of drug-likeness (QED) is 0.623. The zero-order valence-corrected chi connectivity index (χ0v) is 12.6. The molecule has 1 aromatic carbocycles. The van der Waals surface area contributed by atoms with Crippen LogP contribution in [0.5, 0.6) is 0 Å². The Balaban J connectivity index is 1.82. The molecule has 110 valence electrons. The average Bonchev–Trinajstić information content (AvgIpc) is 2.45. The van der Waals surface area contributed by atoms with E-state index in [0.717, 1.165) is 12.0 Å². The Morgan fingerprint density at radius 1 is 1.10 bits per heavy atom. The highest BCUT2D eigenvalue weighted by molar-refractivity contribution is 7.92. The maximum Gasteiger partial charge on any atom is 0.166 e. The fourth-order valence-electron chi connectivity index (χ4n) is 3.59. The molecule has 2 heterocycles. The normalized spacial score (nSPS) is 30.3. The van der Waals surface area contributed by atoms with Crippen LogP contribution in [-0.2, 0) is 9.84 Å². The summed E-state index contributed by atoms with van der Waals surface area (Å²) in [5.74, 6) is 2.42. The molecule has 2 bridgehead atoms. The van der Waals surface area contributed by atoms with Crippen LogP contribution in [0.3, 0.4) is 0 Å². The monoisotopic (exact) mass is 302 g/mol. The lowest BCUT2D eigenvalue weighted by molar-refractivity contribution is 0.0894. The Morgan fingerprint density at radius 2 is 1.67 bits per heavy atom. The molecule has 21 heavy (non-hydrogen) atoms. The Morgan fingerprint density at radius 3 is 2.19 bits per heavy atom. The fraction of sp³-hybridized carbons (Fsp3) is 0.471. The van der Waals surface area contributed by atoms with E-state index in [-0.39, 0.29) is 22.2 Å². The molecule has 0 spiro atoms. The first-order chi connectivity index (χ1) is 10.0. The Labute approximate surface area is 125 Å². The molecule has 4 heteroatoms. The third-order valence-corrected chi connectivity index (χ3v) is 7.50. The minimum absolute atomic E-state index is 0.0605. The SMILES string of the molecule is C#Cc1ccc(C(=O)C2CC3CCCC(C2)S3(=O)=O)cc1. The molecule has 0 amide bonds. The highest BCUT2D eigenvalue weighted by Gasteiger charge is 2.45. The first-order valence-electron chi connectivity index (χ1n) is 7.36. The van der Waals surface area contributed by atoms with Crippen LogP contribution in [0, 0.1) is 18.3 Å². The van der Waals surface area contributed by atoms with Gasteiger partial charge < -0.3 is 0 Å². The summed E-state index contributed by atoms with van der Waals surface area (Å²) in [6, 6.07) is 7.01. The predicted octanol–water partition coefficient (Wildman–Crippen LogP) is 2.60. The van der Waals surface area contributed by atoms with Crippen molar-refractivity contribution in [3.63, 3.8) is 0 Å². The second kappa shape index (κ2) is 5.31. The van der Waals surface area contributed by atoms with Gasteiger partial charge in [0, 0.05) is 17.0 Å². The van der Waals surface area contributed by atoms with Gasteiger partial charge in [0.1, 0.15) is 0 Å². The van der Waals surface area contributed by atoms with Crippen molar-refractivity contribution in [3.8, 4) is 12.3 Å². The van der Waals surface area contributed by atoms with Gasteiger partial charge in [-0.05, 0) is 37.8 Å². The number of fused-ring (bicyclic) bond motifs is 2. The second-order valence-electron chi connectivity index (χ2n) is 6.02. The maximum atomic E-state index is 12.6. The molecule has 2 aliphatic heterocycles. The number of sulfone groups is 1. The topological polar surface area (TPSA) is 51.2 Å². The first kappa shape index (κ1) is 14.3. The molecule has 0 N–H and O–H groups in total. The van der Waals surface area contributed by atoms with Crippen molar-refractivity contribution in [2.45, 2.75) is 42.6 Å². The maximum absolute atomic E-state index is 12.6. The van der Waals surface area contributed by atoms with Gasteiger partial charge in [-0.25, -0.2) is 8.42 Å². The van der Waals surface area contributed by atoms with E-state index >= 15 is 0 Å². The number of carbonyl (C=O) groups is 1. The standard InChI is InChI=1S/C17H18O3S/c1-2-12-6-8-13(9-7-12)17(18)14-10-15-4-3-5-16(11-14)21(15,19)20/h1,6-9,14-16H,3-5,10-11H2. The van der Waals surface area contributed by atoms with Crippen molar-refractivity contribution in [3.05, 3.63) is 35.4 Å². The number of ketones is 1. The van der Waals surface area contributed by atoms with Crippen molar-refractivity contribution in [1.29, 1.82) is 0 Å². The molecule has 2 fully saturated rings. The molecular weight excluding hydrogens is 284 g/mol. The molecule has 0 aliphatic carbocycles. The van der Waals surface area contributed by atoms with Crippen LogP contribution in [0.4, 0.5) is 0 Å². The summed E-state index contributed by atoms with van der Waals surface area (Å²) in [5.41, 5.74) is 1.38. The highest BCUT2D eigenvalue weighted by atomic mass is 32.2. The fourth-order valence-corrected chi connectivity index (χ4v) is 6.13. The second-order valence-corrected chi connectivity index (χ2v) is 8.53. The Bertz CT molecular complexity index is 675. The minimum atomic E-state index is -3.00. The van der Waals surface area contributed by atoms with Gasteiger partial charge >= 0.3 is 0 Å². The molecular formula is C17H18O3S. The van der Waals surface area contributed by atoms with Crippen LogP contribution >= 0.6 is 0 Å². The predicted molar refractivity (Wildman–Crippen MR) is 81.8 cm³/mol. The van der Waals surface area contributed by atoms with Crippen molar-refractivity contribution in [1.82, 2.24) is 0 Å². The average molecular weight is 302 g/mol.